The second kappa shape index (κ2) is 6.65. The lowest BCUT2D eigenvalue weighted by molar-refractivity contribution is 0.0679. The average molecular weight is 220 g/mol. The van der Waals surface area contributed by atoms with E-state index in [9.17, 15) is 5.11 Å². The van der Waals surface area contributed by atoms with Gasteiger partial charge in [0.25, 0.3) is 0 Å². The first kappa shape index (κ1) is 12.3. The van der Waals surface area contributed by atoms with Crippen LogP contribution in [-0.2, 0) is 0 Å². The summed E-state index contributed by atoms with van der Waals surface area (Å²) in [4.78, 5) is 2.37. The Morgan fingerprint density at radius 1 is 1.50 bits per heavy atom. The summed E-state index contributed by atoms with van der Waals surface area (Å²) < 4.78 is 0. The molecule has 0 bridgehead atoms. The van der Waals surface area contributed by atoms with Crippen molar-refractivity contribution >= 4 is 11.6 Å². The molecular weight excluding hydrogens is 198 g/mol. The second-order valence-electron chi connectivity index (χ2n) is 4.47. The highest BCUT2D eigenvalue weighted by Crippen LogP contribution is 2.13. The van der Waals surface area contributed by atoms with Crippen LogP contribution in [0, 0.1) is 5.92 Å². The first-order valence-electron chi connectivity index (χ1n) is 5.68. The molecule has 1 heterocycles. The van der Waals surface area contributed by atoms with Crippen molar-refractivity contribution in [3.63, 3.8) is 0 Å². The maximum Gasteiger partial charge on any atom is 0.0667 e. The topological polar surface area (TPSA) is 23.5 Å². The third-order valence-electron chi connectivity index (χ3n) is 3.02. The van der Waals surface area contributed by atoms with E-state index < -0.39 is 0 Å². The normalized spacial score (nSPS) is 26.4. The van der Waals surface area contributed by atoms with Crippen molar-refractivity contribution in [3.8, 4) is 0 Å². The van der Waals surface area contributed by atoms with Gasteiger partial charge in [0.05, 0.1) is 6.10 Å². The molecule has 0 amide bonds. The molecule has 2 unspecified atom stereocenters. The van der Waals surface area contributed by atoms with Crippen LogP contribution in [0.1, 0.15) is 32.6 Å². The highest BCUT2D eigenvalue weighted by Gasteiger charge is 2.17. The zero-order valence-electron chi connectivity index (χ0n) is 9.08. The summed E-state index contributed by atoms with van der Waals surface area (Å²) in [6.07, 6.45) is 4.35. The fourth-order valence-corrected chi connectivity index (χ4v) is 2.34. The highest BCUT2D eigenvalue weighted by molar-refractivity contribution is 6.17. The molecule has 0 aliphatic carbocycles. The number of aliphatic hydroxyl groups excluding tert-OH is 1. The number of likely N-dealkylation sites (tertiary alicyclic amines) is 1. The van der Waals surface area contributed by atoms with Gasteiger partial charge in [0, 0.05) is 12.4 Å². The maximum absolute atomic E-state index is 9.49. The fraction of sp³-hybridized carbons (Fsp3) is 1.00. The molecule has 14 heavy (non-hydrogen) atoms. The van der Waals surface area contributed by atoms with E-state index in [2.05, 4.69) is 11.8 Å². The number of hydrogen-bond donors (Lipinski definition) is 1. The lowest BCUT2D eigenvalue weighted by Crippen LogP contribution is -2.39. The molecule has 1 saturated heterocycles. The van der Waals surface area contributed by atoms with E-state index in [1.165, 1.54) is 6.42 Å². The highest BCUT2D eigenvalue weighted by atomic mass is 35.5. The van der Waals surface area contributed by atoms with Crippen LogP contribution in [0.5, 0.6) is 0 Å². The average Bonchev–Trinajstić information content (AvgIpc) is 2.15. The van der Waals surface area contributed by atoms with Crippen LogP contribution < -0.4 is 0 Å². The summed E-state index contributed by atoms with van der Waals surface area (Å²) in [6.45, 7) is 5.40. The van der Waals surface area contributed by atoms with Crippen LogP contribution in [0.15, 0.2) is 0 Å². The van der Waals surface area contributed by atoms with Crippen LogP contribution in [0.25, 0.3) is 0 Å². The first-order chi connectivity index (χ1) is 6.72. The molecule has 1 N–H and O–H groups in total. The molecular formula is C11H22ClNO. The minimum absolute atomic E-state index is 0.0907. The molecule has 84 valence electrons. The number of hydrogen-bond acceptors (Lipinski definition) is 2. The van der Waals surface area contributed by atoms with Crippen molar-refractivity contribution in [2.75, 3.05) is 25.5 Å². The van der Waals surface area contributed by atoms with Gasteiger partial charge in [0.1, 0.15) is 0 Å². The van der Waals surface area contributed by atoms with Gasteiger partial charge in [-0.05, 0) is 44.7 Å². The Bertz CT molecular complexity index is 154. The number of alkyl halides is 1. The van der Waals surface area contributed by atoms with Crippen molar-refractivity contribution in [1.82, 2.24) is 4.90 Å². The van der Waals surface area contributed by atoms with E-state index in [0.29, 0.717) is 5.92 Å². The summed E-state index contributed by atoms with van der Waals surface area (Å²) in [5.41, 5.74) is 0. The van der Waals surface area contributed by atoms with E-state index in [4.69, 9.17) is 11.6 Å². The smallest absolute Gasteiger partial charge is 0.0667 e. The lowest BCUT2D eigenvalue weighted by atomic mass is 10.0. The minimum atomic E-state index is -0.0907. The SMILES string of the molecule is CC(CCCl)CCN1CCCC(O)C1. The van der Waals surface area contributed by atoms with Crippen LogP contribution in [-0.4, -0.2) is 41.6 Å². The van der Waals surface area contributed by atoms with Crippen molar-refractivity contribution in [3.05, 3.63) is 0 Å². The summed E-state index contributed by atoms with van der Waals surface area (Å²) in [5.74, 6) is 1.48. The van der Waals surface area contributed by atoms with Crippen LogP contribution >= 0.6 is 11.6 Å². The Labute approximate surface area is 92.2 Å². The third-order valence-corrected chi connectivity index (χ3v) is 3.24. The molecule has 1 aliphatic heterocycles. The Morgan fingerprint density at radius 2 is 2.29 bits per heavy atom. The standard InChI is InChI=1S/C11H22ClNO/c1-10(4-6-12)5-8-13-7-2-3-11(14)9-13/h10-11,14H,2-9H2,1H3. The third kappa shape index (κ3) is 4.63. The minimum Gasteiger partial charge on any atom is -0.392 e. The molecule has 1 fully saturated rings. The fourth-order valence-electron chi connectivity index (χ4n) is 1.97. The number of nitrogens with zero attached hydrogens (tertiary/aromatic N) is 1. The largest absolute Gasteiger partial charge is 0.392 e. The molecule has 0 spiro atoms. The number of aliphatic hydroxyl groups is 1. The van der Waals surface area contributed by atoms with Crippen LogP contribution in [0.3, 0.4) is 0 Å². The van der Waals surface area contributed by atoms with Gasteiger partial charge in [-0.2, -0.15) is 0 Å². The van der Waals surface area contributed by atoms with Crippen LogP contribution in [0.2, 0.25) is 0 Å². The van der Waals surface area contributed by atoms with Gasteiger partial charge in [-0.1, -0.05) is 6.92 Å². The summed E-state index contributed by atoms with van der Waals surface area (Å²) >= 11 is 5.69. The molecule has 0 aromatic rings. The number of halogens is 1. The summed E-state index contributed by atoms with van der Waals surface area (Å²) in [6, 6.07) is 0. The number of β-amino-alcohol motifs (C(OH)–C–C–N with tert-alkyl or cyclic N) is 1. The van der Waals surface area contributed by atoms with E-state index in [-0.39, 0.29) is 6.10 Å². The quantitative estimate of drug-likeness (QED) is 0.716. The van der Waals surface area contributed by atoms with Gasteiger partial charge in [0.2, 0.25) is 0 Å². The Kier molecular flexibility index (Phi) is 5.83. The van der Waals surface area contributed by atoms with Crippen molar-refractivity contribution in [1.29, 1.82) is 0 Å². The van der Waals surface area contributed by atoms with Crippen molar-refractivity contribution in [2.45, 2.75) is 38.7 Å². The number of piperidine rings is 1. The van der Waals surface area contributed by atoms with Gasteiger partial charge < -0.3 is 10.0 Å². The van der Waals surface area contributed by atoms with Gasteiger partial charge in [-0.25, -0.2) is 0 Å². The Morgan fingerprint density at radius 3 is 2.93 bits per heavy atom. The molecule has 0 aromatic carbocycles. The van der Waals surface area contributed by atoms with Gasteiger partial charge in [0.15, 0.2) is 0 Å². The van der Waals surface area contributed by atoms with Crippen molar-refractivity contribution < 1.29 is 5.11 Å². The molecule has 1 aliphatic rings. The van der Waals surface area contributed by atoms with Crippen molar-refractivity contribution in [2.24, 2.45) is 5.92 Å². The monoisotopic (exact) mass is 219 g/mol. The Hall–Kier alpha value is 0.210. The summed E-state index contributed by atoms with van der Waals surface area (Å²) in [7, 11) is 0. The predicted molar refractivity (Wildman–Crippen MR) is 60.8 cm³/mol. The molecule has 0 radical (unpaired) electrons. The summed E-state index contributed by atoms with van der Waals surface area (Å²) in [5, 5.41) is 9.49. The number of rotatable bonds is 5. The molecule has 0 aromatic heterocycles. The zero-order valence-corrected chi connectivity index (χ0v) is 9.84. The zero-order chi connectivity index (χ0) is 10.4. The van der Waals surface area contributed by atoms with Gasteiger partial charge in [-0.3, -0.25) is 0 Å². The molecule has 2 nitrogen and oxygen atoms in total. The van der Waals surface area contributed by atoms with E-state index in [1.807, 2.05) is 0 Å². The molecule has 2 atom stereocenters. The van der Waals surface area contributed by atoms with Crippen LogP contribution in [0.4, 0.5) is 0 Å². The molecule has 0 saturated carbocycles. The predicted octanol–water partition coefficient (Wildman–Crippen LogP) is 2.10. The molecule has 1 rings (SSSR count). The molecule has 3 heteroatoms. The first-order valence-corrected chi connectivity index (χ1v) is 6.22. The van der Waals surface area contributed by atoms with Gasteiger partial charge in [-0.15, -0.1) is 11.6 Å². The lowest BCUT2D eigenvalue weighted by Gasteiger charge is -2.30. The van der Waals surface area contributed by atoms with E-state index >= 15 is 0 Å². The van der Waals surface area contributed by atoms with E-state index in [1.54, 1.807) is 0 Å². The maximum atomic E-state index is 9.49. The second-order valence-corrected chi connectivity index (χ2v) is 4.85. The Balaban J connectivity index is 2.10. The van der Waals surface area contributed by atoms with Gasteiger partial charge >= 0.3 is 0 Å². The van der Waals surface area contributed by atoms with E-state index in [0.717, 1.165) is 44.8 Å².